The highest BCUT2D eigenvalue weighted by molar-refractivity contribution is 8.00. The first-order valence-corrected chi connectivity index (χ1v) is 12.2. The molecule has 4 atom stereocenters. The van der Waals surface area contributed by atoms with Gasteiger partial charge < -0.3 is 14.9 Å². The van der Waals surface area contributed by atoms with Gasteiger partial charge in [-0.15, -0.1) is 0 Å². The fourth-order valence-electron chi connectivity index (χ4n) is 2.34. The Hall–Kier alpha value is -0.673. The van der Waals surface area contributed by atoms with Gasteiger partial charge in [0.2, 0.25) is 0 Å². The van der Waals surface area contributed by atoms with Crippen molar-refractivity contribution in [2.75, 3.05) is 12.4 Å². The summed E-state index contributed by atoms with van der Waals surface area (Å²) in [4.78, 5) is 15.6. The summed E-state index contributed by atoms with van der Waals surface area (Å²) in [6.07, 6.45) is 0.981. The summed E-state index contributed by atoms with van der Waals surface area (Å²) in [5, 5.41) is 19.4. The van der Waals surface area contributed by atoms with Crippen LogP contribution in [-0.2, 0) is 4.74 Å². The molecule has 1 aliphatic heterocycles. The molecule has 1 aliphatic rings. The van der Waals surface area contributed by atoms with Gasteiger partial charge in [-0.3, -0.25) is 4.57 Å². The van der Waals surface area contributed by atoms with Gasteiger partial charge in [-0.1, -0.05) is 19.6 Å². The number of hydrogen-bond donors (Lipinski definition) is 2. The maximum Gasteiger partial charge on any atom is 0.349 e. The first-order valence-electron chi connectivity index (χ1n) is 7.42. The molecule has 2 rings (SSSR count). The van der Waals surface area contributed by atoms with E-state index in [1.165, 1.54) is 10.8 Å². The second kappa shape index (κ2) is 7.27. The van der Waals surface area contributed by atoms with E-state index in [2.05, 4.69) is 24.6 Å². The number of nitrogens with zero attached hydrogens (tertiary/aromatic N) is 2. The lowest BCUT2D eigenvalue weighted by atomic mass is 10.2. The van der Waals surface area contributed by atoms with Gasteiger partial charge in [-0.05, 0) is 17.9 Å². The molecule has 0 amide bonds. The molecule has 1 saturated heterocycles. The largest absolute Gasteiger partial charge is 0.394 e. The number of aliphatic hydroxyl groups is 2. The third-order valence-corrected chi connectivity index (χ3v) is 7.12. The highest BCUT2D eigenvalue weighted by Gasteiger charge is 2.44. The highest BCUT2D eigenvalue weighted by Crippen LogP contribution is 2.37. The van der Waals surface area contributed by atoms with Crippen LogP contribution in [0.4, 0.5) is 0 Å². The van der Waals surface area contributed by atoms with Crippen molar-refractivity contribution in [2.45, 2.75) is 49.4 Å². The van der Waals surface area contributed by atoms with Gasteiger partial charge >= 0.3 is 5.69 Å². The molecule has 0 radical (unpaired) electrons. The van der Waals surface area contributed by atoms with E-state index in [1.807, 2.05) is 0 Å². The Kier molecular flexibility index (Phi) is 5.84. The van der Waals surface area contributed by atoms with Gasteiger partial charge in [0.05, 0.1) is 18.0 Å². The topological polar surface area (TPSA) is 84.6 Å². The van der Waals surface area contributed by atoms with Crippen LogP contribution in [0.1, 0.15) is 6.23 Å². The fraction of sp³-hybridized carbons (Fsp3) is 0.714. The normalized spacial score (nSPS) is 29.0. The predicted molar refractivity (Wildman–Crippen MR) is 89.9 cm³/mol. The van der Waals surface area contributed by atoms with Crippen molar-refractivity contribution in [3.63, 3.8) is 0 Å². The van der Waals surface area contributed by atoms with E-state index in [0.717, 1.165) is 11.8 Å². The summed E-state index contributed by atoms with van der Waals surface area (Å²) < 4.78 is 7.09. The minimum absolute atomic E-state index is 0.266. The molecule has 0 saturated carbocycles. The molecule has 0 bridgehead atoms. The first kappa shape index (κ1) is 17.7. The molecule has 6 nitrogen and oxygen atoms in total. The van der Waals surface area contributed by atoms with Crippen molar-refractivity contribution in [3.8, 4) is 0 Å². The molecule has 1 fully saturated rings. The fourth-order valence-corrected chi connectivity index (χ4v) is 6.26. The number of ether oxygens (including phenoxy) is 1. The Morgan fingerprint density at radius 1 is 1.45 bits per heavy atom. The third kappa shape index (κ3) is 4.20. The zero-order chi connectivity index (χ0) is 16.3. The third-order valence-electron chi connectivity index (χ3n) is 3.67. The molecule has 8 heteroatoms. The van der Waals surface area contributed by atoms with Crippen LogP contribution >= 0.6 is 11.8 Å². The van der Waals surface area contributed by atoms with Crippen LogP contribution in [0.2, 0.25) is 25.7 Å². The summed E-state index contributed by atoms with van der Waals surface area (Å²) in [6.45, 7) is 6.63. The van der Waals surface area contributed by atoms with Crippen molar-refractivity contribution in [3.05, 3.63) is 28.9 Å². The molecule has 1 unspecified atom stereocenters. The molecule has 124 valence electrons. The van der Waals surface area contributed by atoms with E-state index in [-0.39, 0.29) is 11.9 Å². The predicted octanol–water partition coefficient (Wildman–Crippen LogP) is 0.934. The number of aromatic nitrogens is 2. The zero-order valence-electron chi connectivity index (χ0n) is 13.2. The molecular formula is C14H24N2O4SSi. The van der Waals surface area contributed by atoms with Gasteiger partial charge in [0.15, 0.2) is 6.23 Å². The van der Waals surface area contributed by atoms with Gasteiger partial charge in [0.25, 0.3) is 0 Å². The number of hydrogen-bond acceptors (Lipinski definition) is 6. The van der Waals surface area contributed by atoms with Crippen LogP contribution in [0.15, 0.2) is 23.3 Å². The lowest BCUT2D eigenvalue weighted by molar-refractivity contribution is -0.0456. The smallest absolute Gasteiger partial charge is 0.349 e. The minimum atomic E-state index is -1.16. The van der Waals surface area contributed by atoms with Gasteiger partial charge in [-0.25, -0.2) is 9.78 Å². The van der Waals surface area contributed by atoms with E-state index < -0.39 is 32.2 Å². The van der Waals surface area contributed by atoms with E-state index in [9.17, 15) is 15.0 Å². The van der Waals surface area contributed by atoms with Crippen molar-refractivity contribution in [1.82, 2.24) is 9.55 Å². The SMILES string of the molecule is C[Si](C)(C)CCSC1[C@@H](O)[C@@H](CO)O[C@H]1n1cccnc1=O. The molecule has 0 aromatic carbocycles. The number of aliphatic hydroxyl groups excluding tert-OH is 2. The van der Waals surface area contributed by atoms with E-state index >= 15 is 0 Å². The Morgan fingerprint density at radius 3 is 2.77 bits per heavy atom. The number of thioether (sulfide) groups is 1. The summed E-state index contributed by atoms with van der Waals surface area (Å²) in [6, 6.07) is 2.78. The molecule has 2 N–H and O–H groups in total. The second-order valence-electron chi connectivity index (χ2n) is 6.69. The molecule has 0 aliphatic carbocycles. The summed E-state index contributed by atoms with van der Waals surface area (Å²) >= 11 is 1.61. The van der Waals surface area contributed by atoms with Crippen molar-refractivity contribution in [2.24, 2.45) is 0 Å². The summed E-state index contributed by atoms with van der Waals surface area (Å²) in [7, 11) is -1.16. The van der Waals surface area contributed by atoms with Gasteiger partial charge in [0, 0.05) is 20.5 Å². The highest BCUT2D eigenvalue weighted by atomic mass is 32.2. The zero-order valence-corrected chi connectivity index (χ0v) is 15.0. The maximum absolute atomic E-state index is 11.9. The quantitative estimate of drug-likeness (QED) is 0.747. The summed E-state index contributed by atoms with van der Waals surface area (Å²) in [5.41, 5.74) is -0.408. The standard InChI is InChI=1S/C14H24N2O4SSi/c1-22(2,3)8-7-21-12-11(18)10(9-17)20-13(12)16-6-4-5-15-14(16)19/h4-6,10-13,17-18H,7-9H2,1-3H3/t10-,11+,12?,13-/m1/s1. The average Bonchev–Trinajstić information content (AvgIpc) is 2.75. The minimum Gasteiger partial charge on any atom is -0.394 e. The van der Waals surface area contributed by atoms with Crippen LogP contribution in [0.5, 0.6) is 0 Å². The summed E-state index contributed by atoms with van der Waals surface area (Å²) in [5.74, 6) is 0.907. The van der Waals surface area contributed by atoms with E-state index in [4.69, 9.17) is 4.74 Å². The lowest BCUT2D eigenvalue weighted by Crippen LogP contribution is -2.34. The van der Waals surface area contributed by atoms with Crippen molar-refractivity contribution in [1.29, 1.82) is 0 Å². The molecule has 22 heavy (non-hydrogen) atoms. The van der Waals surface area contributed by atoms with Crippen LogP contribution in [0.25, 0.3) is 0 Å². The van der Waals surface area contributed by atoms with Crippen LogP contribution in [-0.4, -0.2) is 57.7 Å². The van der Waals surface area contributed by atoms with Crippen LogP contribution < -0.4 is 5.69 Å². The first-order chi connectivity index (χ1) is 10.3. The van der Waals surface area contributed by atoms with Gasteiger partial charge in [0.1, 0.15) is 6.10 Å². The molecule has 1 aromatic heterocycles. The Balaban J connectivity index is 2.15. The van der Waals surface area contributed by atoms with Gasteiger partial charge in [-0.2, -0.15) is 11.8 Å². The Labute approximate surface area is 135 Å². The van der Waals surface area contributed by atoms with Crippen molar-refractivity contribution < 1.29 is 14.9 Å². The molecule has 1 aromatic rings. The molecular weight excluding hydrogens is 320 g/mol. The number of rotatable bonds is 6. The molecule has 2 heterocycles. The monoisotopic (exact) mass is 344 g/mol. The second-order valence-corrected chi connectivity index (χ2v) is 13.6. The maximum atomic E-state index is 11.9. The average molecular weight is 345 g/mol. The Bertz CT molecular complexity index is 548. The van der Waals surface area contributed by atoms with E-state index in [0.29, 0.717) is 0 Å². The van der Waals surface area contributed by atoms with E-state index in [1.54, 1.807) is 24.0 Å². The van der Waals surface area contributed by atoms with Crippen LogP contribution in [0, 0.1) is 0 Å². The van der Waals surface area contributed by atoms with Crippen molar-refractivity contribution >= 4 is 19.8 Å². The molecule has 0 spiro atoms. The van der Waals surface area contributed by atoms with Crippen LogP contribution in [0.3, 0.4) is 0 Å². The lowest BCUT2D eigenvalue weighted by Gasteiger charge is -2.23. The Morgan fingerprint density at radius 2 is 2.18 bits per heavy atom.